The zero-order valence-electron chi connectivity index (χ0n) is 16.9. The fraction of sp³-hybridized carbons (Fsp3) is 0.261. The van der Waals surface area contributed by atoms with Crippen LogP contribution in [0.25, 0.3) is 0 Å². The van der Waals surface area contributed by atoms with Crippen LogP contribution in [0.5, 0.6) is 0 Å². The van der Waals surface area contributed by atoms with Gasteiger partial charge in [-0.15, -0.1) is 0 Å². The van der Waals surface area contributed by atoms with Crippen molar-refractivity contribution in [1.29, 1.82) is 0 Å². The van der Waals surface area contributed by atoms with Gasteiger partial charge in [0, 0.05) is 31.5 Å². The zero-order valence-corrected chi connectivity index (χ0v) is 18.4. The van der Waals surface area contributed by atoms with E-state index in [0.717, 1.165) is 29.9 Å². The number of fused-ring (bicyclic) bond motifs is 1. The quantitative estimate of drug-likeness (QED) is 0.519. The number of carbonyl (C=O) groups excluding carboxylic acids is 1. The Bertz CT molecular complexity index is 1130. The normalized spacial score (nSPS) is 16.6. The Morgan fingerprint density at radius 3 is 2.59 bits per heavy atom. The van der Waals surface area contributed by atoms with Crippen LogP contribution in [0.4, 0.5) is 13.2 Å². The number of hydrogen-bond donors (Lipinski definition) is 1. The highest BCUT2D eigenvalue weighted by Gasteiger charge is 2.31. The van der Waals surface area contributed by atoms with Crippen molar-refractivity contribution in [3.63, 3.8) is 0 Å². The molecule has 4 nitrogen and oxygen atoms in total. The second-order valence-corrected chi connectivity index (χ2v) is 8.46. The first kappa shape index (κ1) is 22.7. The van der Waals surface area contributed by atoms with Crippen molar-refractivity contribution < 1.29 is 18.0 Å². The smallest absolute Gasteiger partial charge is 0.351 e. The summed E-state index contributed by atoms with van der Waals surface area (Å²) in [6.07, 6.45) is -2.43. The van der Waals surface area contributed by atoms with Crippen LogP contribution < -0.4 is 5.32 Å². The first-order valence-corrected chi connectivity index (χ1v) is 10.7. The van der Waals surface area contributed by atoms with Crippen LogP contribution in [0, 0.1) is 0 Å². The lowest BCUT2D eigenvalue weighted by Crippen LogP contribution is -2.44. The highest BCUT2D eigenvalue weighted by atomic mass is 35.5. The number of rotatable bonds is 5. The highest BCUT2D eigenvalue weighted by Crippen LogP contribution is 2.35. The third-order valence-corrected chi connectivity index (χ3v) is 6.23. The Labute approximate surface area is 193 Å². The average Bonchev–Trinajstić information content (AvgIpc) is 3.23. The van der Waals surface area contributed by atoms with Crippen LogP contribution >= 0.6 is 23.2 Å². The Balaban J connectivity index is 1.49. The van der Waals surface area contributed by atoms with Gasteiger partial charge in [0.2, 0.25) is 5.91 Å². The Kier molecular flexibility index (Phi) is 6.51. The molecule has 32 heavy (non-hydrogen) atoms. The minimum Gasteiger partial charge on any atom is -0.351 e. The number of nitrogens with zero attached hydrogens (tertiary/aromatic N) is 2. The molecule has 2 heterocycles. The molecular formula is C23H20Cl2F3N3O. The average molecular weight is 482 g/mol. The monoisotopic (exact) mass is 481 g/mol. The summed E-state index contributed by atoms with van der Waals surface area (Å²) in [6, 6.07) is 14.1. The maximum Gasteiger partial charge on any atom is 0.416 e. The molecule has 0 bridgehead atoms. The van der Waals surface area contributed by atoms with Gasteiger partial charge in [-0.1, -0.05) is 41.4 Å². The molecule has 1 aliphatic heterocycles. The molecule has 0 aliphatic carbocycles. The molecule has 1 atom stereocenters. The lowest BCUT2D eigenvalue weighted by atomic mass is 10.00. The molecule has 2 aromatic carbocycles. The summed E-state index contributed by atoms with van der Waals surface area (Å²) in [5.74, 6) is -0.271. The van der Waals surface area contributed by atoms with Crippen molar-refractivity contribution >= 4 is 29.1 Å². The summed E-state index contributed by atoms with van der Waals surface area (Å²) >= 11 is 12.3. The molecule has 1 amide bonds. The molecule has 0 saturated heterocycles. The number of halogens is 5. The van der Waals surface area contributed by atoms with Gasteiger partial charge in [-0.25, -0.2) is 0 Å². The van der Waals surface area contributed by atoms with E-state index in [-0.39, 0.29) is 25.0 Å². The third-order valence-electron chi connectivity index (χ3n) is 5.49. The summed E-state index contributed by atoms with van der Waals surface area (Å²) in [7, 11) is 0. The van der Waals surface area contributed by atoms with Gasteiger partial charge in [-0.2, -0.15) is 13.2 Å². The van der Waals surface area contributed by atoms with Gasteiger partial charge in [0.05, 0.1) is 28.2 Å². The maximum atomic E-state index is 12.9. The molecule has 168 valence electrons. The fourth-order valence-corrected chi connectivity index (χ4v) is 4.27. The SMILES string of the molecule is O=C(CN1CCn2cccc2[C@H]1c1ccc(Cl)c(Cl)c1)NCc1cccc(C(F)(F)F)c1. The number of hydrogen-bond acceptors (Lipinski definition) is 2. The van der Waals surface area contributed by atoms with Crippen molar-refractivity contribution in [3.05, 3.63) is 93.2 Å². The third kappa shape index (κ3) is 4.95. The predicted molar refractivity (Wildman–Crippen MR) is 118 cm³/mol. The molecule has 0 radical (unpaired) electrons. The van der Waals surface area contributed by atoms with Crippen LogP contribution in [0.1, 0.15) is 28.4 Å². The van der Waals surface area contributed by atoms with Crippen molar-refractivity contribution in [1.82, 2.24) is 14.8 Å². The molecule has 0 spiro atoms. The van der Waals surface area contributed by atoms with E-state index >= 15 is 0 Å². The Morgan fingerprint density at radius 1 is 1.03 bits per heavy atom. The van der Waals surface area contributed by atoms with E-state index in [0.29, 0.717) is 22.2 Å². The second-order valence-electron chi connectivity index (χ2n) is 7.65. The van der Waals surface area contributed by atoms with E-state index < -0.39 is 11.7 Å². The molecule has 1 N–H and O–H groups in total. The molecule has 1 aliphatic rings. The molecule has 9 heteroatoms. The summed E-state index contributed by atoms with van der Waals surface area (Å²) in [5, 5.41) is 3.62. The van der Waals surface area contributed by atoms with Gasteiger partial charge in [0.1, 0.15) is 0 Å². The van der Waals surface area contributed by atoms with E-state index in [2.05, 4.69) is 9.88 Å². The minimum absolute atomic E-state index is 0.0183. The maximum absolute atomic E-state index is 12.9. The van der Waals surface area contributed by atoms with Gasteiger partial charge in [0.25, 0.3) is 0 Å². The van der Waals surface area contributed by atoms with E-state index in [1.54, 1.807) is 18.2 Å². The van der Waals surface area contributed by atoms with Gasteiger partial charge in [0.15, 0.2) is 0 Å². The van der Waals surface area contributed by atoms with Crippen LogP contribution in [0.3, 0.4) is 0 Å². The first-order chi connectivity index (χ1) is 15.2. The summed E-state index contributed by atoms with van der Waals surface area (Å²) < 4.78 is 40.9. The van der Waals surface area contributed by atoms with Crippen LogP contribution in [-0.4, -0.2) is 28.5 Å². The largest absolute Gasteiger partial charge is 0.416 e. The van der Waals surface area contributed by atoms with Crippen LogP contribution in [0.15, 0.2) is 60.8 Å². The molecule has 3 aromatic rings. The molecule has 1 aromatic heterocycles. The van der Waals surface area contributed by atoms with Crippen molar-refractivity contribution in [3.8, 4) is 0 Å². The van der Waals surface area contributed by atoms with Crippen LogP contribution in [0.2, 0.25) is 10.0 Å². The van der Waals surface area contributed by atoms with Gasteiger partial charge in [-0.05, 0) is 47.5 Å². The molecule has 0 saturated carbocycles. The van der Waals surface area contributed by atoms with Crippen molar-refractivity contribution in [2.75, 3.05) is 13.1 Å². The number of nitrogens with one attached hydrogen (secondary N) is 1. The topological polar surface area (TPSA) is 37.3 Å². The number of benzene rings is 2. The van der Waals surface area contributed by atoms with Gasteiger partial charge < -0.3 is 9.88 Å². The van der Waals surface area contributed by atoms with Crippen LogP contribution in [-0.2, 0) is 24.1 Å². The molecule has 0 unspecified atom stereocenters. The number of aromatic nitrogens is 1. The first-order valence-electron chi connectivity index (χ1n) is 9.99. The van der Waals surface area contributed by atoms with Crippen molar-refractivity contribution in [2.24, 2.45) is 0 Å². The fourth-order valence-electron chi connectivity index (χ4n) is 3.96. The van der Waals surface area contributed by atoms with E-state index in [9.17, 15) is 18.0 Å². The van der Waals surface area contributed by atoms with E-state index in [4.69, 9.17) is 23.2 Å². The summed E-state index contributed by atoms with van der Waals surface area (Å²) in [6.45, 7) is 1.46. The van der Waals surface area contributed by atoms with E-state index in [1.165, 1.54) is 6.07 Å². The van der Waals surface area contributed by atoms with Gasteiger partial charge in [-0.3, -0.25) is 9.69 Å². The lowest BCUT2D eigenvalue weighted by Gasteiger charge is -2.37. The summed E-state index contributed by atoms with van der Waals surface area (Å²) in [4.78, 5) is 14.7. The Morgan fingerprint density at radius 2 is 1.84 bits per heavy atom. The lowest BCUT2D eigenvalue weighted by molar-refractivity contribution is -0.137. The zero-order chi connectivity index (χ0) is 22.9. The molecular weight excluding hydrogens is 462 g/mol. The summed E-state index contributed by atoms with van der Waals surface area (Å²) in [5.41, 5.74) is 1.59. The number of amides is 1. The second kappa shape index (κ2) is 9.17. The molecule has 0 fully saturated rings. The molecule has 4 rings (SSSR count). The Hall–Kier alpha value is -2.48. The standard InChI is InChI=1S/C23H20Cl2F3N3O/c24-18-7-6-16(12-19(18)25)22-20-5-2-8-30(20)9-10-31(22)14-21(32)29-13-15-3-1-4-17(11-15)23(26,27)28/h1-8,11-12,22H,9-10,13-14H2,(H,29,32)/t22-/m1/s1. The predicted octanol–water partition coefficient (Wildman–Crippen LogP) is 5.54. The van der Waals surface area contributed by atoms with Gasteiger partial charge >= 0.3 is 6.18 Å². The number of alkyl halides is 3. The highest BCUT2D eigenvalue weighted by molar-refractivity contribution is 6.42. The van der Waals surface area contributed by atoms with Crippen molar-refractivity contribution in [2.45, 2.75) is 25.3 Å². The van der Waals surface area contributed by atoms with E-state index in [1.807, 2.05) is 29.3 Å². The minimum atomic E-state index is -4.42. The number of carbonyl (C=O) groups is 1.